The number of hydrogen-bond donors (Lipinski definition) is 0. The van der Waals surface area contributed by atoms with E-state index in [4.69, 9.17) is 14.2 Å². The van der Waals surface area contributed by atoms with Crippen LogP contribution < -0.4 is 0 Å². The molecule has 0 rings (SSSR count). The van der Waals surface area contributed by atoms with Crippen LogP contribution in [0.5, 0.6) is 0 Å². The van der Waals surface area contributed by atoms with Gasteiger partial charge in [0, 0.05) is 19.3 Å². The average molecular weight is 1160 g/mol. The number of carbonyl (C=O) groups excluding carboxylic acids is 3. The first kappa shape index (κ1) is 79.8. The summed E-state index contributed by atoms with van der Waals surface area (Å²) in [6.07, 6.45) is 93.5. The molecule has 0 fully saturated rings. The van der Waals surface area contributed by atoms with E-state index < -0.39 is 6.10 Å². The predicted molar refractivity (Wildman–Crippen MR) is 362 cm³/mol. The van der Waals surface area contributed by atoms with Gasteiger partial charge in [0.2, 0.25) is 0 Å². The number of carbonyl (C=O) groups is 3. The number of rotatable bonds is 67. The first-order chi connectivity index (χ1) is 41.0. The highest BCUT2D eigenvalue weighted by atomic mass is 16.6. The van der Waals surface area contributed by atoms with Gasteiger partial charge in [-0.2, -0.15) is 0 Å². The van der Waals surface area contributed by atoms with Crippen molar-refractivity contribution < 1.29 is 28.6 Å². The maximum Gasteiger partial charge on any atom is 0.306 e. The fourth-order valence-corrected chi connectivity index (χ4v) is 10.7. The molecule has 0 aromatic carbocycles. The molecule has 0 aliphatic heterocycles. The topological polar surface area (TPSA) is 78.9 Å². The van der Waals surface area contributed by atoms with Crippen molar-refractivity contribution in [3.05, 3.63) is 72.9 Å². The maximum atomic E-state index is 13.0. The predicted octanol–water partition coefficient (Wildman–Crippen LogP) is 25.2. The van der Waals surface area contributed by atoms with Crippen molar-refractivity contribution in [2.24, 2.45) is 0 Å². The largest absolute Gasteiger partial charge is 0.462 e. The molecule has 0 saturated carbocycles. The van der Waals surface area contributed by atoms with Crippen molar-refractivity contribution in [3.8, 4) is 0 Å². The van der Waals surface area contributed by atoms with Gasteiger partial charge in [0.15, 0.2) is 6.10 Å². The Labute approximate surface area is 516 Å². The van der Waals surface area contributed by atoms with Gasteiger partial charge in [-0.1, -0.05) is 318 Å². The van der Waals surface area contributed by atoms with E-state index in [0.29, 0.717) is 19.3 Å². The molecule has 0 N–H and O–H groups in total. The van der Waals surface area contributed by atoms with Crippen LogP contribution in [0.25, 0.3) is 0 Å². The minimum absolute atomic E-state index is 0.0794. The van der Waals surface area contributed by atoms with E-state index in [9.17, 15) is 14.4 Å². The Morgan fingerprint density at radius 3 is 0.687 bits per heavy atom. The number of esters is 3. The molecular weight excluding hydrogens is 1020 g/mol. The normalized spacial score (nSPS) is 12.5. The minimum atomic E-state index is -0.786. The minimum Gasteiger partial charge on any atom is -0.462 e. The molecule has 0 radical (unpaired) electrons. The molecule has 482 valence electrons. The summed E-state index contributed by atoms with van der Waals surface area (Å²) in [5.41, 5.74) is 0. The molecule has 6 nitrogen and oxygen atoms in total. The van der Waals surface area contributed by atoms with Crippen molar-refractivity contribution in [1.82, 2.24) is 0 Å². The fraction of sp³-hybridized carbons (Fsp3) is 0.805. The summed E-state index contributed by atoms with van der Waals surface area (Å²) in [7, 11) is 0. The molecule has 83 heavy (non-hydrogen) atoms. The van der Waals surface area contributed by atoms with Gasteiger partial charge in [-0.3, -0.25) is 14.4 Å². The lowest BCUT2D eigenvalue weighted by Gasteiger charge is -2.18. The van der Waals surface area contributed by atoms with Crippen LogP contribution in [0.2, 0.25) is 0 Å². The molecule has 6 heteroatoms. The molecule has 0 aromatic heterocycles. The fourth-order valence-electron chi connectivity index (χ4n) is 10.7. The lowest BCUT2D eigenvalue weighted by Crippen LogP contribution is -2.30. The zero-order valence-corrected chi connectivity index (χ0v) is 55.5. The number of unbranched alkanes of at least 4 members (excludes halogenated alkanes) is 44. The Morgan fingerprint density at radius 1 is 0.241 bits per heavy atom. The van der Waals surface area contributed by atoms with Gasteiger partial charge >= 0.3 is 17.9 Å². The van der Waals surface area contributed by atoms with Crippen LogP contribution in [-0.2, 0) is 28.6 Å². The number of ether oxygens (including phenoxy) is 3. The molecular formula is C77H138O6. The Balaban J connectivity index is 4.36. The van der Waals surface area contributed by atoms with Gasteiger partial charge in [0.25, 0.3) is 0 Å². The van der Waals surface area contributed by atoms with Crippen molar-refractivity contribution in [2.45, 2.75) is 386 Å². The van der Waals surface area contributed by atoms with Gasteiger partial charge < -0.3 is 14.2 Å². The van der Waals surface area contributed by atoms with Gasteiger partial charge in [-0.15, -0.1) is 0 Å². The number of allylic oxidation sites excluding steroid dienone is 12. The standard InChI is InChI=1S/C77H138O6/c1-4-7-10-13-16-19-22-25-28-31-34-36-37-38-39-41-43-46-49-52-55-58-61-64-67-70-76(79)82-73-74(72-81-75(78)69-66-63-60-57-54-51-48-45-42-33-30-27-24-21-18-15-12-9-6-3)83-77(80)71-68-65-62-59-56-53-50-47-44-40-35-32-29-26-23-20-17-14-11-8-5-2/h22-23,25-27,30-32,34-35,44,47,74H,4-21,24,28-29,33,36-43,45-46,48-73H2,1-3H3/b25-22-,26-23-,30-27-,34-31-,35-32-,47-44-. The molecule has 0 spiro atoms. The second-order valence-corrected chi connectivity index (χ2v) is 24.5. The van der Waals surface area contributed by atoms with E-state index in [-0.39, 0.29) is 31.1 Å². The van der Waals surface area contributed by atoms with E-state index in [0.717, 1.165) is 89.9 Å². The van der Waals surface area contributed by atoms with Crippen LogP contribution >= 0.6 is 0 Å². The highest BCUT2D eigenvalue weighted by Gasteiger charge is 2.19. The lowest BCUT2D eigenvalue weighted by atomic mass is 10.0. The zero-order valence-electron chi connectivity index (χ0n) is 55.5. The molecule has 0 aliphatic carbocycles. The van der Waals surface area contributed by atoms with Gasteiger partial charge in [-0.05, 0) is 116 Å². The first-order valence-electron chi connectivity index (χ1n) is 36.4. The summed E-state index contributed by atoms with van der Waals surface area (Å²) in [6.45, 7) is 6.66. The monoisotopic (exact) mass is 1160 g/mol. The molecule has 0 aromatic rings. The molecule has 0 aliphatic rings. The third kappa shape index (κ3) is 69.5. The Bertz CT molecular complexity index is 1520. The van der Waals surface area contributed by atoms with Gasteiger partial charge in [0.1, 0.15) is 13.2 Å². The summed E-state index contributed by atoms with van der Waals surface area (Å²) in [4.78, 5) is 38.5. The van der Waals surface area contributed by atoms with Crippen LogP contribution in [0, 0.1) is 0 Å². The van der Waals surface area contributed by atoms with E-state index in [1.165, 1.54) is 250 Å². The van der Waals surface area contributed by atoms with Crippen molar-refractivity contribution in [1.29, 1.82) is 0 Å². The second-order valence-electron chi connectivity index (χ2n) is 24.5. The van der Waals surface area contributed by atoms with Crippen molar-refractivity contribution in [2.75, 3.05) is 13.2 Å². The third-order valence-corrected chi connectivity index (χ3v) is 16.2. The summed E-state index contributed by atoms with van der Waals surface area (Å²) in [6, 6.07) is 0. The quantitative estimate of drug-likeness (QED) is 0.0261. The molecule has 1 unspecified atom stereocenters. The number of hydrogen-bond acceptors (Lipinski definition) is 6. The second kappa shape index (κ2) is 71.3. The SMILES string of the molecule is CCCCCCC/C=C\C/C=C\C/C=C\CCCCCCCCC(=O)OC(COC(=O)CCCCCCCCCCC/C=C\CCCCCCCC)COC(=O)CCCCCCCCCCCCCCC/C=C\C/C=C\CCCCCCC. The molecule has 1 atom stereocenters. The summed E-state index contributed by atoms with van der Waals surface area (Å²) >= 11 is 0. The van der Waals surface area contributed by atoms with Gasteiger partial charge in [0.05, 0.1) is 0 Å². The van der Waals surface area contributed by atoms with Crippen LogP contribution in [0.15, 0.2) is 72.9 Å². The van der Waals surface area contributed by atoms with E-state index >= 15 is 0 Å². The molecule has 0 heterocycles. The van der Waals surface area contributed by atoms with Crippen molar-refractivity contribution in [3.63, 3.8) is 0 Å². The highest BCUT2D eigenvalue weighted by Crippen LogP contribution is 2.17. The third-order valence-electron chi connectivity index (χ3n) is 16.2. The Morgan fingerprint density at radius 2 is 0.434 bits per heavy atom. The highest BCUT2D eigenvalue weighted by molar-refractivity contribution is 5.71. The molecule has 0 bridgehead atoms. The molecule has 0 saturated heterocycles. The smallest absolute Gasteiger partial charge is 0.306 e. The van der Waals surface area contributed by atoms with Crippen LogP contribution in [0.3, 0.4) is 0 Å². The zero-order chi connectivity index (χ0) is 59.9. The average Bonchev–Trinajstić information content (AvgIpc) is 3.50. The van der Waals surface area contributed by atoms with E-state index in [2.05, 4.69) is 93.7 Å². The van der Waals surface area contributed by atoms with E-state index in [1.54, 1.807) is 0 Å². The van der Waals surface area contributed by atoms with Crippen LogP contribution in [0.4, 0.5) is 0 Å². The van der Waals surface area contributed by atoms with Crippen LogP contribution in [-0.4, -0.2) is 37.2 Å². The summed E-state index contributed by atoms with van der Waals surface area (Å²) in [5.74, 6) is -0.872. The van der Waals surface area contributed by atoms with Crippen LogP contribution in [0.1, 0.15) is 380 Å². The van der Waals surface area contributed by atoms with Gasteiger partial charge in [-0.25, -0.2) is 0 Å². The Kier molecular flexibility index (Phi) is 68.6. The van der Waals surface area contributed by atoms with Crippen molar-refractivity contribution >= 4 is 17.9 Å². The summed E-state index contributed by atoms with van der Waals surface area (Å²) in [5, 5.41) is 0. The molecule has 0 amide bonds. The Hall–Kier alpha value is -3.15. The first-order valence-corrected chi connectivity index (χ1v) is 36.4. The summed E-state index contributed by atoms with van der Waals surface area (Å²) < 4.78 is 17.0. The van der Waals surface area contributed by atoms with E-state index in [1.807, 2.05) is 0 Å². The lowest BCUT2D eigenvalue weighted by molar-refractivity contribution is -0.167. The maximum absolute atomic E-state index is 13.0.